The summed E-state index contributed by atoms with van der Waals surface area (Å²) in [6.07, 6.45) is 3.27. The summed E-state index contributed by atoms with van der Waals surface area (Å²) in [6.45, 7) is 4.81. The lowest BCUT2D eigenvalue weighted by Gasteiger charge is -2.11. The van der Waals surface area contributed by atoms with Crippen molar-refractivity contribution in [2.24, 2.45) is 4.99 Å². The van der Waals surface area contributed by atoms with Crippen molar-refractivity contribution in [3.8, 4) is 0 Å². The zero-order valence-corrected chi connectivity index (χ0v) is 16.8. The third-order valence-electron chi connectivity index (χ3n) is 2.53. The lowest BCUT2D eigenvalue weighted by atomic mass is 10.4. The zero-order valence-electron chi connectivity index (χ0n) is 12.8. The average molecular weight is 439 g/mol. The molecule has 0 radical (unpaired) electrons. The first-order valence-electron chi connectivity index (χ1n) is 7.05. The Labute approximate surface area is 154 Å². The molecule has 0 bridgehead atoms. The number of aliphatic imine (C=N–C) groups is 1. The molecule has 0 aliphatic carbocycles. The molecule has 3 nitrogen and oxygen atoms in total. The van der Waals surface area contributed by atoms with Crippen LogP contribution in [-0.2, 0) is 0 Å². The Morgan fingerprint density at radius 3 is 2.57 bits per heavy atom. The number of nitrogens with zero attached hydrogens (tertiary/aromatic N) is 1. The van der Waals surface area contributed by atoms with Gasteiger partial charge < -0.3 is 10.6 Å². The summed E-state index contributed by atoms with van der Waals surface area (Å²) in [6, 6.07) is 10.5. The molecule has 0 saturated heterocycles. The molecule has 1 aromatic carbocycles. The smallest absolute Gasteiger partial charge is 0.191 e. The molecule has 1 aromatic rings. The topological polar surface area (TPSA) is 36.4 Å². The third-order valence-corrected chi connectivity index (χ3v) is 4.24. The highest BCUT2D eigenvalue weighted by Gasteiger charge is 1.97. The fourth-order valence-electron chi connectivity index (χ4n) is 1.60. The number of halogens is 1. The Kier molecular flexibility index (Phi) is 14.8. The molecule has 0 aliphatic heterocycles. The van der Waals surface area contributed by atoms with Crippen LogP contribution in [0.3, 0.4) is 0 Å². The SMILES string of the molecule is CCNC(=NCCCSC)NCCSc1ccccc1.I. The molecule has 6 heteroatoms. The summed E-state index contributed by atoms with van der Waals surface area (Å²) in [7, 11) is 0. The highest BCUT2D eigenvalue weighted by molar-refractivity contribution is 14.0. The van der Waals surface area contributed by atoms with E-state index in [2.05, 4.69) is 53.1 Å². The van der Waals surface area contributed by atoms with Gasteiger partial charge in [-0.15, -0.1) is 35.7 Å². The number of hydrogen-bond acceptors (Lipinski definition) is 3. The van der Waals surface area contributed by atoms with Crippen molar-refractivity contribution in [2.45, 2.75) is 18.2 Å². The summed E-state index contributed by atoms with van der Waals surface area (Å²) in [5.41, 5.74) is 0. The van der Waals surface area contributed by atoms with Crippen LogP contribution in [0.2, 0.25) is 0 Å². The third kappa shape index (κ3) is 11.2. The van der Waals surface area contributed by atoms with Crippen LogP contribution in [0, 0.1) is 0 Å². The van der Waals surface area contributed by atoms with E-state index in [9.17, 15) is 0 Å². The maximum Gasteiger partial charge on any atom is 0.191 e. The Bertz CT molecular complexity index is 374. The van der Waals surface area contributed by atoms with E-state index < -0.39 is 0 Å². The Balaban J connectivity index is 0.00000400. The van der Waals surface area contributed by atoms with Crippen molar-refractivity contribution in [1.29, 1.82) is 0 Å². The number of benzene rings is 1. The van der Waals surface area contributed by atoms with Crippen molar-refractivity contribution in [3.63, 3.8) is 0 Å². The normalized spacial score (nSPS) is 10.9. The van der Waals surface area contributed by atoms with Crippen LogP contribution in [0.4, 0.5) is 0 Å². The summed E-state index contributed by atoms with van der Waals surface area (Å²) in [5, 5.41) is 6.66. The molecular weight excluding hydrogens is 413 g/mol. The van der Waals surface area contributed by atoms with Gasteiger partial charge in [-0.1, -0.05) is 18.2 Å². The first-order valence-corrected chi connectivity index (χ1v) is 9.43. The highest BCUT2D eigenvalue weighted by atomic mass is 127. The standard InChI is InChI=1S/C15H25N3S2.HI/c1-3-16-15(17-10-7-12-19-2)18-11-13-20-14-8-5-4-6-9-14;/h4-6,8-9H,3,7,10-13H2,1-2H3,(H2,16,17,18);1H. The van der Waals surface area contributed by atoms with Crippen molar-refractivity contribution < 1.29 is 0 Å². The zero-order chi connectivity index (χ0) is 14.5. The van der Waals surface area contributed by atoms with E-state index in [0.29, 0.717) is 0 Å². The molecule has 2 N–H and O–H groups in total. The van der Waals surface area contributed by atoms with Gasteiger partial charge >= 0.3 is 0 Å². The first-order chi connectivity index (χ1) is 9.86. The molecule has 0 amide bonds. The lowest BCUT2D eigenvalue weighted by Crippen LogP contribution is -2.38. The predicted octanol–water partition coefficient (Wildman–Crippen LogP) is 3.70. The second-order valence-corrected chi connectivity index (χ2v) is 6.35. The van der Waals surface area contributed by atoms with E-state index >= 15 is 0 Å². The van der Waals surface area contributed by atoms with Gasteiger partial charge in [-0.25, -0.2) is 0 Å². The molecule has 0 heterocycles. The minimum Gasteiger partial charge on any atom is -0.357 e. The Morgan fingerprint density at radius 2 is 1.90 bits per heavy atom. The Morgan fingerprint density at radius 1 is 1.14 bits per heavy atom. The number of hydrogen-bond donors (Lipinski definition) is 2. The van der Waals surface area contributed by atoms with Gasteiger partial charge in [0.1, 0.15) is 0 Å². The van der Waals surface area contributed by atoms with E-state index in [0.717, 1.165) is 37.8 Å². The maximum atomic E-state index is 4.57. The fraction of sp³-hybridized carbons (Fsp3) is 0.533. The molecule has 0 fully saturated rings. The van der Waals surface area contributed by atoms with Gasteiger partial charge in [-0.2, -0.15) is 11.8 Å². The molecule has 0 atom stereocenters. The predicted molar refractivity (Wildman–Crippen MR) is 110 cm³/mol. The van der Waals surface area contributed by atoms with E-state index in [-0.39, 0.29) is 24.0 Å². The van der Waals surface area contributed by atoms with Crippen LogP contribution < -0.4 is 10.6 Å². The molecule has 21 heavy (non-hydrogen) atoms. The Hall–Kier alpha value is -0.0800. The van der Waals surface area contributed by atoms with Gasteiger partial charge in [0.15, 0.2) is 5.96 Å². The summed E-state index contributed by atoms with van der Waals surface area (Å²) >= 11 is 3.74. The molecule has 0 aromatic heterocycles. The number of nitrogens with one attached hydrogen (secondary N) is 2. The largest absolute Gasteiger partial charge is 0.357 e. The highest BCUT2D eigenvalue weighted by Crippen LogP contribution is 2.15. The van der Waals surface area contributed by atoms with Gasteiger partial charge in [0.25, 0.3) is 0 Å². The molecule has 0 unspecified atom stereocenters. The van der Waals surface area contributed by atoms with E-state index in [4.69, 9.17) is 0 Å². The van der Waals surface area contributed by atoms with Crippen molar-refractivity contribution in [1.82, 2.24) is 10.6 Å². The van der Waals surface area contributed by atoms with Crippen LogP contribution in [0.1, 0.15) is 13.3 Å². The minimum atomic E-state index is 0. The molecule has 0 spiro atoms. The quantitative estimate of drug-likeness (QED) is 0.202. The van der Waals surface area contributed by atoms with E-state index in [1.807, 2.05) is 29.6 Å². The second-order valence-electron chi connectivity index (χ2n) is 4.20. The summed E-state index contributed by atoms with van der Waals surface area (Å²) in [5.74, 6) is 3.15. The molecule has 1 rings (SSSR count). The van der Waals surface area contributed by atoms with Gasteiger partial charge in [-0.3, -0.25) is 4.99 Å². The molecule has 0 aliphatic rings. The monoisotopic (exact) mass is 439 g/mol. The second kappa shape index (κ2) is 14.8. The molecule has 120 valence electrons. The number of guanidine groups is 1. The minimum absolute atomic E-state index is 0. The van der Waals surface area contributed by atoms with Gasteiger partial charge in [-0.05, 0) is 37.5 Å². The molecular formula is C15H26IN3S2. The number of rotatable bonds is 9. The van der Waals surface area contributed by atoms with Crippen LogP contribution in [0.25, 0.3) is 0 Å². The van der Waals surface area contributed by atoms with Gasteiger partial charge in [0.2, 0.25) is 0 Å². The van der Waals surface area contributed by atoms with Crippen LogP contribution in [0.15, 0.2) is 40.2 Å². The van der Waals surface area contributed by atoms with Gasteiger partial charge in [0.05, 0.1) is 0 Å². The summed E-state index contributed by atoms with van der Waals surface area (Å²) < 4.78 is 0. The van der Waals surface area contributed by atoms with Crippen molar-refractivity contribution >= 4 is 53.5 Å². The van der Waals surface area contributed by atoms with Crippen LogP contribution in [-0.4, -0.2) is 43.4 Å². The van der Waals surface area contributed by atoms with E-state index in [1.165, 1.54) is 10.6 Å². The van der Waals surface area contributed by atoms with Crippen LogP contribution >= 0.6 is 47.5 Å². The maximum absolute atomic E-state index is 4.57. The average Bonchev–Trinajstić information content (AvgIpc) is 2.49. The fourth-order valence-corrected chi connectivity index (χ4v) is 2.80. The van der Waals surface area contributed by atoms with Crippen molar-refractivity contribution in [2.75, 3.05) is 37.4 Å². The summed E-state index contributed by atoms with van der Waals surface area (Å²) in [4.78, 5) is 5.88. The lowest BCUT2D eigenvalue weighted by molar-refractivity contribution is 0.832. The van der Waals surface area contributed by atoms with Crippen molar-refractivity contribution in [3.05, 3.63) is 30.3 Å². The van der Waals surface area contributed by atoms with E-state index in [1.54, 1.807) is 0 Å². The van der Waals surface area contributed by atoms with Crippen LogP contribution in [0.5, 0.6) is 0 Å². The first kappa shape index (κ1) is 20.9. The molecule has 0 saturated carbocycles. The van der Waals surface area contributed by atoms with Gasteiger partial charge in [0, 0.05) is 30.3 Å². The number of thioether (sulfide) groups is 2.